The molecular weight excluding hydrogens is 300 g/mol. The lowest BCUT2D eigenvalue weighted by Gasteiger charge is -2.36. The van der Waals surface area contributed by atoms with Crippen LogP contribution < -0.4 is 10.6 Å². The Bertz CT molecular complexity index is 436. The summed E-state index contributed by atoms with van der Waals surface area (Å²) in [4.78, 5) is 34.4. The highest BCUT2D eigenvalue weighted by Gasteiger charge is 2.34. The van der Waals surface area contributed by atoms with Crippen molar-refractivity contribution in [2.24, 2.45) is 5.41 Å². The van der Waals surface area contributed by atoms with Gasteiger partial charge in [-0.25, -0.2) is 4.79 Å². The molecular formula is C16H28N2O5. The maximum absolute atomic E-state index is 11.9. The molecule has 0 radical (unpaired) electrons. The summed E-state index contributed by atoms with van der Waals surface area (Å²) in [7, 11) is 0. The average molecular weight is 328 g/mol. The Morgan fingerprint density at radius 2 is 1.70 bits per heavy atom. The first kappa shape index (κ1) is 19.3. The van der Waals surface area contributed by atoms with Gasteiger partial charge < -0.3 is 20.5 Å². The van der Waals surface area contributed by atoms with E-state index >= 15 is 0 Å². The minimum Gasteiger partial charge on any atom is -0.481 e. The molecule has 0 aromatic heterocycles. The maximum Gasteiger partial charge on any atom is 0.408 e. The number of carboxylic acids is 1. The monoisotopic (exact) mass is 328 g/mol. The summed E-state index contributed by atoms with van der Waals surface area (Å²) in [6.45, 7) is 5.37. The second-order valence-corrected chi connectivity index (χ2v) is 7.26. The Morgan fingerprint density at radius 1 is 1.09 bits per heavy atom. The molecule has 0 spiro atoms. The van der Waals surface area contributed by atoms with Gasteiger partial charge in [0.2, 0.25) is 5.91 Å². The number of ether oxygens (including phenoxy) is 1. The van der Waals surface area contributed by atoms with Crippen LogP contribution in [0.15, 0.2) is 0 Å². The largest absolute Gasteiger partial charge is 0.481 e. The van der Waals surface area contributed by atoms with E-state index in [9.17, 15) is 14.4 Å². The molecule has 132 valence electrons. The summed E-state index contributed by atoms with van der Waals surface area (Å²) in [6.07, 6.45) is 4.10. The van der Waals surface area contributed by atoms with Crippen molar-refractivity contribution in [1.29, 1.82) is 0 Å². The highest BCUT2D eigenvalue weighted by Crippen LogP contribution is 2.38. The predicted octanol–water partition coefficient (Wildman–Crippen LogP) is 2.05. The number of hydrogen-bond acceptors (Lipinski definition) is 4. The molecule has 0 bridgehead atoms. The molecule has 0 aromatic carbocycles. The summed E-state index contributed by atoms with van der Waals surface area (Å²) < 4.78 is 5.05. The van der Waals surface area contributed by atoms with Crippen molar-refractivity contribution in [2.45, 2.75) is 64.9 Å². The van der Waals surface area contributed by atoms with E-state index in [-0.39, 0.29) is 24.3 Å². The van der Waals surface area contributed by atoms with Crippen LogP contribution in [0, 0.1) is 5.41 Å². The highest BCUT2D eigenvalue weighted by atomic mass is 16.6. The van der Waals surface area contributed by atoms with Crippen LogP contribution in [0.1, 0.15) is 59.3 Å². The van der Waals surface area contributed by atoms with Gasteiger partial charge in [0, 0.05) is 6.54 Å². The van der Waals surface area contributed by atoms with Gasteiger partial charge >= 0.3 is 12.1 Å². The summed E-state index contributed by atoms with van der Waals surface area (Å²) in [5.74, 6) is -1.18. The van der Waals surface area contributed by atoms with E-state index in [0.717, 1.165) is 32.1 Å². The van der Waals surface area contributed by atoms with Gasteiger partial charge in [0.15, 0.2) is 0 Å². The first-order chi connectivity index (χ1) is 10.6. The molecule has 2 amide bonds. The number of hydrogen-bond donors (Lipinski definition) is 3. The molecule has 1 aliphatic carbocycles. The molecule has 0 aromatic rings. The number of rotatable bonds is 6. The number of aliphatic carboxylic acids is 1. The molecule has 0 atom stereocenters. The van der Waals surface area contributed by atoms with Crippen molar-refractivity contribution in [3.8, 4) is 0 Å². The van der Waals surface area contributed by atoms with Crippen LogP contribution >= 0.6 is 0 Å². The molecule has 1 fully saturated rings. The Labute approximate surface area is 137 Å². The first-order valence-electron chi connectivity index (χ1n) is 8.07. The number of carbonyl (C=O) groups is 3. The molecule has 23 heavy (non-hydrogen) atoms. The van der Waals surface area contributed by atoms with Crippen LogP contribution in [-0.4, -0.2) is 41.8 Å². The fourth-order valence-electron chi connectivity index (χ4n) is 2.85. The fourth-order valence-corrected chi connectivity index (χ4v) is 2.85. The Hall–Kier alpha value is -1.79. The highest BCUT2D eigenvalue weighted by molar-refractivity contribution is 5.82. The third-order valence-electron chi connectivity index (χ3n) is 3.89. The average Bonchev–Trinajstić information content (AvgIpc) is 2.41. The van der Waals surface area contributed by atoms with Gasteiger partial charge in [-0.1, -0.05) is 19.3 Å². The van der Waals surface area contributed by atoms with Gasteiger partial charge in [-0.2, -0.15) is 0 Å². The Balaban J connectivity index is 2.40. The summed E-state index contributed by atoms with van der Waals surface area (Å²) in [6, 6.07) is 0. The Kier molecular flexibility index (Phi) is 6.84. The third kappa shape index (κ3) is 7.85. The van der Waals surface area contributed by atoms with Crippen LogP contribution in [0.25, 0.3) is 0 Å². The van der Waals surface area contributed by atoms with Crippen molar-refractivity contribution >= 4 is 18.0 Å². The molecule has 3 N–H and O–H groups in total. The second kappa shape index (κ2) is 8.17. The van der Waals surface area contributed by atoms with E-state index in [1.807, 2.05) is 0 Å². The molecule has 0 saturated heterocycles. The van der Waals surface area contributed by atoms with Crippen molar-refractivity contribution < 1.29 is 24.2 Å². The van der Waals surface area contributed by atoms with Crippen LogP contribution in [0.3, 0.4) is 0 Å². The molecule has 0 heterocycles. The number of carbonyl (C=O) groups excluding carboxylic acids is 2. The summed E-state index contributed by atoms with van der Waals surface area (Å²) in [5.41, 5.74) is -0.986. The maximum atomic E-state index is 11.9. The lowest BCUT2D eigenvalue weighted by molar-refractivity contribution is -0.140. The van der Waals surface area contributed by atoms with Crippen molar-refractivity contribution in [2.75, 3.05) is 13.1 Å². The number of nitrogens with one attached hydrogen (secondary N) is 2. The standard InChI is InChI=1S/C16H28N2O5/c1-15(2,3)23-14(22)17-10-12(19)18-11-16(9-13(20)21)7-5-4-6-8-16/h4-11H2,1-3H3,(H,17,22)(H,18,19)(H,20,21). The molecule has 0 aliphatic heterocycles. The van der Waals surface area contributed by atoms with E-state index in [1.54, 1.807) is 20.8 Å². The fraction of sp³-hybridized carbons (Fsp3) is 0.812. The molecule has 7 heteroatoms. The van der Waals surface area contributed by atoms with E-state index in [0.29, 0.717) is 6.54 Å². The van der Waals surface area contributed by atoms with E-state index in [4.69, 9.17) is 9.84 Å². The SMILES string of the molecule is CC(C)(C)OC(=O)NCC(=O)NCC1(CC(=O)O)CCCCC1. The summed E-state index contributed by atoms with van der Waals surface area (Å²) >= 11 is 0. The van der Waals surface area contributed by atoms with Gasteiger partial charge in [0.1, 0.15) is 5.60 Å². The molecule has 1 aliphatic rings. The van der Waals surface area contributed by atoms with Crippen LogP contribution in [-0.2, 0) is 14.3 Å². The zero-order valence-corrected chi connectivity index (χ0v) is 14.2. The summed E-state index contributed by atoms with van der Waals surface area (Å²) in [5, 5.41) is 14.2. The predicted molar refractivity (Wildman–Crippen MR) is 85.0 cm³/mol. The van der Waals surface area contributed by atoms with Gasteiger partial charge in [0.25, 0.3) is 0 Å². The molecule has 1 rings (SSSR count). The Morgan fingerprint density at radius 3 is 2.22 bits per heavy atom. The molecule has 1 saturated carbocycles. The normalized spacial score (nSPS) is 17.2. The van der Waals surface area contributed by atoms with Gasteiger partial charge in [0.05, 0.1) is 13.0 Å². The van der Waals surface area contributed by atoms with Gasteiger partial charge in [-0.05, 0) is 39.0 Å². The van der Waals surface area contributed by atoms with Crippen LogP contribution in [0.2, 0.25) is 0 Å². The minimum absolute atomic E-state index is 0.0623. The van der Waals surface area contributed by atoms with Crippen LogP contribution in [0.5, 0.6) is 0 Å². The van der Waals surface area contributed by atoms with Crippen LogP contribution in [0.4, 0.5) is 4.79 Å². The number of amides is 2. The zero-order chi connectivity index (χ0) is 17.5. The van der Waals surface area contributed by atoms with Crippen molar-refractivity contribution in [1.82, 2.24) is 10.6 Å². The topological polar surface area (TPSA) is 105 Å². The zero-order valence-electron chi connectivity index (χ0n) is 14.2. The number of alkyl carbamates (subject to hydrolysis) is 1. The van der Waals surface area contributed by atoms with E-state index < -0.39 is 17.7 Å². The quantitative estimate of drug-likeness (QED) is 0.692. The lowest BCUT2D eigenvalue weighted by atomic mass is 9.71. The van der Waals surface area contributed by atoms with Gasteiger partial charge in [-0.15, -0.1) is 0 Å². The van der Waals surface area contributed by atoms with E-state index in [2.05, 4.69) is 10.6 Å². The van der Waals surface area contributed by atoms with Crippen molar-refractivity contribution in [3.63, 3.8) is 0 Å². The number of carboxylic acid groups (broad SMARTS) is 1. The lowest BCUT2D eigenvalue weighted by Crippen LogP contribution is -2.44. The second-order valence-electron chi connectivity index (χ2n) is 7.26. The van der Waals surface area contributed by atoms with Gasteiger partial charge in [-0.3, -0.25) is 9.59 Å². The molecule has 7 nitrogen and oxygen atoms in total. The molecule has 0 unspecified atom stereocenters. The minimum atomic E-state index is -0.840. The van der Waals surface area contributed by atoms with E-state index in [1.165, 1.54) is 0 Å². The third-order valence-corrected chi connectivity index (χ3v) is 3.89. The van der Waals surface area contributed by atoms with Crippen molar-refractivity contribution in [3.05, 3.63) is 0 Å². The smallest absolute Gasteiger partial charge is 0.408 e. The first-order valence-corrected chi connectivity index (χ1v) is 8.07.